The number of rotatable bonds is 8. The normalized spacial score (nSPS) is 16.1. The van der Waals surface area contributed by atoms with Crippen LogP contribution in [0.1, 0.15) is 38.8 Å². The summed E-state index contributed by atoms with van der Waals surface area (Å²) in [5, 5.41) is 39.8. The molecule has 34 heavy (non-hydrogen) atoms. The lowest BCUT2D eigenvalue weighted by atomic mass is 9.83. The zero-order valence-electron chi connectivity index (χ0n) is 21.7. The van der Waals surface area contributed by atoms with Crippen LogP contribution in [0.3, 0.4) is 0 Å². The summed E-state index contributed by atoms with van der Waals surface area (Å²) in [6.07, 6.45) is 0. The van der Waals surface area contributed by atoms with Crippen LogP contribution in [0.25, 0.3) is 0 Å². The van der Waals surface area contributed by atoms with Crippen LogP contribution in [-0.2, 0) is 11.2 Å². The lowest BCUT2D eigenvalue weighted by Crippen LogP contribution is -2.36. The molecule has 0 unspecified atom stereocenters. The SMILES string of the molecule is C[C@@H](CN(C)C)[C@](C)(O)c1cccc(O)c1.C[C@H](CN(C)C)[C@@](C)(O)c1cccc(O)c1.Cl.Cl. The number of nitrogens with zero attached hydrogens (tertiary/aromatic N) is 2. The van der Waals surface area contributed by atoms with Gasteiger partial charge in [-0.1, -0.05) is 38.1 Å². The van der Waals surface area contributed by atoms with Crippen LogP contribution in [0.2, 0.25) is 0 Å². The average molecular weight is 520 g/mol. The summed E-state index contributed by atoms with van der Waals surface area (Å²) >= 11 is 0. The summed E-state index contributed by atoms with van der Waals surface area (Å²) in [5.41, 5.74) is -0.352. The van der Waals surface area contributed by atoms with Crippen molar-refractivity contribution >= 4 is 24.8 Å². The Morgan fingerprint density at radius 2 is 0.971 bits per heavy atom. The van der Waals surface area contributed by atoms with Gasteiger partial charge >= 0.3 is 0 Å². The van der Waals surface area contributed by atoms with E-state index in [2.05, 4.69) is 0 Å². The first-order valence-corrected chi connectivity index (χ1v) is 11.0. The molecule has 6 nitrogen and oxygen atoms in total. The predicted molar refractivity (Wildman–Crippen MR) is 145 cm³/mol. The molecule has 8 heteroatoms. The molecule has 2 aromatic rings. The molecule has 0 aliphatic rings. The summed E-state index contributed by atoms with van der Waals surface area (Å²) in [6.45, 7) is 9.17. The predicted octanol–water partition coefficient (Wildman–Crippen LogP) is 4.44. The molecule has 0 aromatic heterocycles. The van der Waals surface area contributed by atoms with E-state index in [1.807, 2.05) is 64.0 Å². The van der Waals surface area contributed by atoms with Crippen LogP contribution < -0.4 is 0 Å². The minimum atomic E-state index is -0.928. The molecule has 0 fully saturated rings. The van der Waals surface area contributed by atoms with Crippen molar-refractivity contribution in [2.24, 2.45) is 11.8 Å². The maximum Gasteiger partial charge on any atom is 0.115 e. The van der Waals surface area contributed by atoms with Crippen molar-refractivity contribution in [3.63, 3.8) is 0 Å². The number of phenolic OH excluding ortho intramolecular Hbond substituents is 2. The van der Waals surface area contributed by atoms with Crippen molar-refractivity contribution < 1.29 is 20.4 Å². The van der Waals surface area contributed by atoms with Gasteiger partial charge in [0.05, 0.1) is 11.2 Å². The van der Waals surface area contributed by atoms with Gasteiger partial charge in [-0.3, -0.25) is 0 Å². The van der Waals surface area contributed by atoms with Crippen LogP contribution in [0.5, 0.6) is 11.5 Å². The number of aromatic hydroxyl groups is 2. The second-order valence-corrected chi connectivity index (χ2v) is 9.72. The molecule has 2 aromatic carbocycles. The summed E-state index contributed by atoms with van der Waals surface area (Å²) in [6, 6.07) is 13.6. The van der Waals surface area contributed by atoms with Crippen molar-refractivity contribution in [1.82, 2.24) is 9.80 Å². The topological polar surface area (TPSA) is 87.4 Å². The van der Waals surface area contributed by atoms with E-state index in [1.165, 1.54) is 0 Å². The average Bonchev–Trinajstić information content (AvgIpc) is 2.67. The lowest BCUT2D eigenvalue weighted by molar-refractivity contribution is -0.00816. The highest BCUT2D eigenvalue weighted by atomic mass is 35.5. The van der Waals surface area contributed by atoms with Gasteiger partial charge < -0.3 is 30.2 Å². The molecule has 0 bridgehead atoms. The maximum absolute atomic E-state index is 10.5. The second kappa shape index (κ2) is 14.8. The number of aliphatic hydroxyl groups is 2. The fourth-order valence-corrected chi connectivity index (χ4v) is 3.66. The van der Waals surface area contributed by atoms with E-state index < -0.39 is 11.2 Å². The van der Waals surface area contributed by atoms with Gasteiger partial charge in [0.15, 0.2) is 0 Å². The summed E-state index contributed by atoms with van der Waals surface area (Å²) < 4.78 is 0. The first-order valence-electron chi connectivity index (χ1n) is 11.0. The Morgan fingerprint density at radius 3 is 1.21 bits per heavy atom. The highest BCUT2D eigenvalue weighted by Gasteiger charge is 2.31. The van der Waals surface area contributed by atoms with E-state index in [1.54, 1.807) is 50.2 Å². The molecule has 0 aliphatic carbocycles. The molecule has 4 N–H and O–H groups in total. The fraction of sp³-hybridized carbons (Fsp3) is 0.538. The Bertz CT molecular complexity index is 776. The van der Waals surface area contributed by atoms with Gasteiger partial charge in [0.2, 0.25) is 0 Å². The third-order valence-electron chi connectivity index (χ3n) is 6.06. The molecule has 2 rings (SSSR count). The first kappa shape index (κ1) is 34.6. The standard InChI is InChI=1S/2C13H21NO2.2ClH/c2*1-10(9-14(3)4)13(2,16)11-6-5-7-12(15)8-11;;/h2*5-8,10,15-16H,9H2,1-4H3;2*1H/t2*10-,13-;;/m10../s1. The van der Waals surface area contributed by atoms with Crippen LogP contribution in [0.4, 0.5) is 0 Å². The summed E-state index contributed by atoms with van der Waals surface area (Å²) in [7, 11) is 7.92. The molecule has 0 spiro atoms. The molecule has 0 aliphatic heterocycles. The monoisotopic (exact) mass is 518 g/mol. The van der Waals surface area contributed by atoms with Crippen molar-refractivity contribution in [1.29, 1.82) is 0 Å². The van der Waals surface area contributed by atoms with E-state index in [9.17, 15) is 20.4 Å². The molecule has 196 valence electrons. The van der Waals surface area contributed by atoms with E-state index in [4.69, 9.17) is 0 Å². The van der Waals surface area contributed by atoms with Crippen LogP contribution in [0, 0.1) is 11.8 Å². The Hall–Kier alpha value is -1.54. The van der Waals surface area contributed by atoms with Crippen LogP contribution in [-0.4, -0.2) is 71.5 Å². The summed E-state index contributed by atoms with van der Waals surface area (Å²) in [4.78, 5) is 4.09. The van der Waals surface area contributed by atoms with E-state index in [-0.39, 0.29) is 48.1 Å². The van der Waals surface area contributed by atoms with Crippen molar-refractivity contribution in [2.75, 3.05) is 41.3 Å². The zero-order chi connectivity index (χ0) is 24.7. The van der Waals surface area contributed by atoms with Crippen molar-refractivity contribution in [3.05, 3.63) is 59.7 Å². The van der Waals surface area contributed by atoms with Gasteiger partial charge in [0.25, 0.3) is 0 Å². The highest BCUT2D eigenvalue weighted by Crippen LogP contribution is 2.32. The lowest BCUT2D eigenvalue weighted by Gasteiger charge is -2.32. The Balaban J connectivity index is 0. The Kier molecular flexibility index (Phi) is 15.0. The molecular weight excluding hydrogens is 475 g/mol. The molecule has 0 saturated heterocycles. The van der Waals surface area contributed by atoms with Crippen molar-refractivity contribution in [2.45, 2.75) is 38.9 Å². The van der Waals surface area contributed by atoms with Crippen molar-refractivity contribution in [3.8, 4) is 11.5 Å². The van der Waals surface area contributed by atoms with Crippen LogP contribution in [0.15, 0.2) is 48.5 Å². The van der Waals surface area contributed by atoms with E-state index in [0.717, 1.165) is 24.2 Å². The maximum atomic E-state index is 10.5. The number of halogens is 2. The number of phenols is 2. The van der Waals surface area contributed by atoms with Gasteiger partial charge in [-0.2, -0.15) is 0 Å². The molecule has 0 saturated carbocycles. The Morgan fingerprint density at radius 1 is 0.676 bits per heavy atom. The Labute approximate surface area is 218 Å². The quantitative estimate of drug-likeness (QED) is 0.413. The minimum Gasteiger partial charge on any atom is -0.508 e. The number of benzene rings is 2. The molecule has 0 radical (unpaired) electrons. The highest BCUT2D eigenvalue weighted by molar-refractivity contribution is 5.85. The summed E-state index contributed by atoms with van der Waals surface area (Å²) in [5.74, 6) is 0.554. The van der Waals surface area contributed by atoms with Gasteiger partial charge in [-0.05, 0) is 77.4 Å². The second-order valence-electron chi connectivity index (χ2n) is 9.72. The van der Waals surface area contributed by atoms with E-state index >= 15 is 0 Å². The van der Waals surface area contributed by atoms with Gasteiger partial charge in [-0.25, -0.2) is 0 Å². The molecular formula is C26H44Cl2N2O4. The van der Waals surface area contributed by atoms with Gasteiger partial charge in [0, 0.05) is 24.9 Å². The first-order chi connectivity index (χ1) is 14.7. The minimum absolute atomic E-state index is 0. The third kappa shape index (κ3) is 10.4. The fourth-order valence-electron chi connectivity index (χ4n) is 3.66. The molecule has 0 heterocycles. The smallest absolute Gasteiger partial charge is 0.115 e. The molecule has 0 amide bonds. The van der Waals surface area contributed by atoms with Gasteiger partial charge in [0.1, 0.15) is 11.5 Å². The van der Waals surface area contributed by atoms with E-state index in [0.29, 0.717) is 0 Å². The van der Waals surface area contributed by atoms with Gasteiger partial charge in [-0.15, -0.1) is 24.8 Å². The zero-order valence-corrected chi connectivity index (χ0v) is 23.3. The third-order valence-corrected chi connectivity index (χ3v) is 6.06. The van der Waals surface area contributed by atoms with Crippen LogP contribution >= 0.6 is 24.8 Å². The largest absolute Gasteiger partial charge is 0.508 e. The number of hydrogen-bond acceptors (Lipinski definition) is 6. The number of hydrogen-bond donors (Lipinski definition) is 4. The molecule has 4 atom stereocenters.